The topological polar surface area (TPSA) is 102 Å². The first kappa shape index (κ1) is 21.8. The first-order valence-electron chi connectivity index (χ1n) is 9.92. The van der Waals surface area contributed by atoms with E-state index in [0.717, 1.165) is 29.7 Å². The molecule has 1 amide bonds. The fraction of sp³-hybridized carbons (Fsp3) is 0.409. The molecule has 2 aromatic rings. The van der Waals surface area contributed by atoms with Crippen LogP contribution in [0.2, 0.25) is 0 Å². The molecule has 1 heterocycles. The van der Waals surface area contributed by atoms with Crippen molar-refractivity contribution in [2.24, 2.45) is 5.92 Å². The Hall–Kier alpha value is -2.87. The third-order valence-electron chi connectivity index (χ3n) is 4.98. The summed E-state index contributed by atoms with van der Waals surface area (Å²) in [5, 5.41) is 12.5. The van der Waals surface area contributed by atoms with Gasteiger partial charge < -0.3 is 19.9 Å². The number of phenols is 1. The zero-order valence-corrected chi connectivity index (χ0v) is 18.0. The highest BCUT2D eigenvalue weighted by Gasteiger charge is 2.30. The third kappa shape index (κ3) is 4.81. The molecular weight excluding hydrogens is 406 g/mol. The van der Waals surface area contributed by atoms with Crippen molar-refractivity contribution in [2.75, 3.05) is 11.9 Å². The van der Waals surface area contributed by atoms with E-state index < -0.39 is 23.9 Å². The zero-order chi connectivity index (χ0) is 21.8. The van der Waals surface area contributed by atoms with Gasteiger partial charge in [0.15, 0.2) is 6.10 Å². The highest BCUT2D eigenvalue weighted by molar-refractivity contribution is 7.17. The highest BCUT2D eigenvalue weighted by Crippen LogP contribution is 2.40. The van der Waals surface area contributed by atoms with Crippen molar-refractivity contribution < 1.29 is 29.0 Å². The second-order valence-electron chi connectivity index (χ2n) is 7.36. The van der Waals surface area contributed by atoms with Gasteiger partial charge in [-0.3, -0.25) is 4.79 Å². The minimum absolute atomic E-state index is 0.0276. The maximum absolute atomic E-state index is 12.7. The molecule has 0 bridgehead atoms. The number of phenolic OH excluding ortho intramolecular Hbond substituents is 1. The number of carbonyl (C=O) groups excluding carboxylic acids is 3. The molecule has 2 N–H and O–H groups in total. The minimum Gasteiger partial charge on any atom is -0.508 e. The van der Waals surface area contributed by atoms with Gasteiger partial charge >= 0.3 is 11.9 Å². The molecule has 0 unspecified atom stereocenters. The first-order valence-corrected chi connectivity index (χ1v) is 10.7. The standard InChI is InChI=1S/C22H25NO6S/c1-4-28-22(27)18-16-10-5-12(2)11-17(16)30-20(18)23-19(25)13(3)29-21(26)14-6-8-15(24)9-7-14/h6-9,12-13,24H,4-5,10-11H2,1-3H3,(H,23,25)/t12-,13-/m0/s1. The van der Waals surface area contributed by atoms with Crippen LogP contribution in [0.4, 0.5) is 5.00 Å². The monoisotopic (exact) mass is 431 g/mol. The summed E-state index contributed by atoms with van der Waals surface area (Å²) < 4.78 is 10.4. The zero-order valence-electron chi connectivity index (χ0n) is 17.2. The number of hydrogen-bond acceptors (Lipinski definition) is 7. The Morgan fingerprint density at radius 1 is 1.23 bits per heavy atom. The van der Waals surface area contributed by atoms with E-state index in [2.05, 4.69) is 12.2 Å². The van der Waals surface area contributed by atoms with Crippen molar-refractivity contribution in [3.63, 3.8) is 0 Å². The summed E-state index contributed by atoms with van der Waals surface area (Å²) in [7, 11) is 0. The van der Waals surface area contributed by atoms with Gasteiger partial charge in [-0.1, -0.05) is 6.92 Å². The molecule has 160 valence electrons. The Kier molecular flexibility index (Phi) is 6.77. The Morgan fingerprint density at radius 3 is 2.60 bits per heavy atom. The lowest BCUT2D eigenvalue weighted by Gasteiger charge is -2.18. The highest BCUT2D eigenvalue weighted by atomic mass is 32.1. The second kappa shape index (κ2) is 9.30. The summed E-state index contributed by atoms with van der Waals surface area (Å²) in [4.78, 5) is 38.5. The molecule has 0 spiro atoms. The van der Waals surface area contributed by atoms with E-state index in [4.69, 9.17) is 9.47 Å². The van der Waals surface area contributed by atoms with Gasteiger partial charge in [0.25, 0.3) is 5.91 Å². The van der Waals surface area contributed by atoms with Crippen molar-refractivity contribution >= 4 is 34.2 Å². The van der Waals surface area contributed by atoms with Gasteiger partial charge in [-0.25, -0.2) is 9.59 Å². The van der Waals surface area contributed by atoms with Gasteiger partial charge in [0.2, 0.25) is 0 Å². The number of esters is 2. The molecule has 3 rings (SSSR count). The molecule has 0 fully saturated rings. The van der Waals surface area contributed by atoms with Crippen LogP contribution in [0.3, 0.4) is 0 Å². The molecule has 1 aliphatic rings. The molecule has 1 aromatic carbocycles. The number of rotatable bonds is 6. The van der Waals surface area contributed by atoms with Crippen LogP contribution in [0.15, 0.2) is 24.3 Å². The Balaban J connectivity index is 1.75. The number of amides is 1. The fourth-order valence-corrected chi connectivity index (χ4v) is 4.75. The van der Waals surface area contributed by atoms with Gasteiger partial charge in [0.05, 0.1) is 17.7 Å². The maximum atomic E-state index is 12.7. The van der Waals surface area contributed by atoms with Gasteiger partial charge in [-0.05, 0) is 68.9 Å². The smallest absolute Gasteiger partial charge is 0.341 e. The van der Waals surface area contributed by atoms with Crippen molar-refractivity contribution in [3.8, 4) is 5.75 Å². The maximum Gasteiger partial charge on any atom is 0.341 e. The van der Waals surface area contributed by atoms with Crippen LogP contribution in [-0.2, 0) is 27.1 Å². The van der Waals surface area contributed by atoms with E-state index in [0.29, 0.717) is 16.5 Å². The van der Waals surface area contributed by atoms with E-state index >= 15 is 0 Å². The molecule has 1 aliphatic carbocycles. The van der Waals surface area contributed by atoms with Crippen LogP contribution in [0.1, 0.15) is 58.3 Å². The van der Waals surface area contributed by atoms with Crippen molar-refractivity contribution in [1.82, 2.24) is 0 Å². The number of thiophene rings is 1. The van der Waals surface area contributed by atoms with Crippen molar-refractivity contribution in [1.29, 1.82) is 0 Å². The average molecular weight is 432 g/mol. The Labute approximate surface area is 179 Å². The number of benzene rings is 1. The number of aromatic hydroxyl groups is 1. The fourth-order valence-electron chi connectivity index (χ4n) is 3.35. The molecule has 0 saturated heterocycles. The molecule has 0 radical (unpaired) electrons. The molecular formula is C22H25NO6S. The van der Waals surface area contributed by atoms with Crippen LogP contribution in [0, 0.1) is 5.92 Å². The van der Waals surface area contributed by atoms with E-state index in [9.17, 15) is 19.5 Å². The van der Waals surface area contributed by atoms with Crippen LogP contribution in [-0.4, -0.2) is 35.7 Å². The Bertz CT molecular complexity index is 949. The second-order valence-corrected chi connectivity index (χ2v) is 8.47. The van der Waals surface area contributed by atoms with Crippen molar-refractivity contribution in [3.05, 3.63) is 45.8 Å². The molecule has 0 saturated carbocycles. The van der Waals surface area contributed by atoms with Crippen LogP contribution in [0.5, 0.6) is 5.75 Å². The minimum atomic E-state index is -1.07. The number of anilines is 1. The predicted molar refractivity (Wildman–Crippen MR) is 113 cm³/mol. The van der Waals surface area contributed by atoms with E-state index in [-0.39, 0.29) is 17.9 Å². The quantitative estimate of drug-likeness (QED) is 0.672. The lowest BCUT2D eigenvalue weighted by molar-refractivity contribution is -0.123. The van der Waals surface area contributed by atoms with Crippen molar-refractivity contribution in [2.45, 2.75) is 46.1 Å². The molecule has 0 aliphatic heterocycles. The largest absolute Gasteiger partial charge is 0.508 e. The normalized spacial score (nSPS) is 16.3. The van der Waals surface area contributed by atoms with E-state index in [1.807, 2.05) is 0 Å². The summed E-state index contributed by atoms with van der Waals surface area (Å²) in [5.41, 5.74) is 1.58. The van der Waals surface area contributed by atoms with Gasteiger partial charge in [0, 0.05) is 4.88 Å². The lowest BCUT2D eigenvalue weighted by Crippen LogP contribution is -2.30. The van der Waals surface area contributed by atoms with Gasteiger partial charge in [-0.15, -0.1) is 11.3 Å². The van der Waals surface area contributed by atoms with Crippen LogP contribution in [0.25, 0.3) is 0 Å². The number of ether oxygens (including phenoxy) is 2. The molecule has 2 atom stereocenters. The third-order valence-corrected chi connectivity index (χ3v) is 6.15. The summed E-state index contributed by atoms with van der Waals surface area (Å²) in [6.07, 6.45) is 1.53. The summed E-state index contributed by atoms with van der Waals surface area (Å²) in [6.45, 7) is 5.61. The molecule has 8 heteroatoms. The first-order chi connectivity index (χ1) is 14.3. The predicted octanol–water partition coefficient (Wildman–Crippen LogP) is 3.94. The molecule has 1 aromatic heterocycles. The lowest BCUT2D eigenvalue weighted by atomic mass is 9.88. The SMILES string of the molecule is CCOC(=O)c1c(NC(=O)[C@H](C)OC(=O)c2ccc(O)cc2)sc2c1CC[C@H](C)C2. The summed E-state index contributed by atoms with van der Waals surface area (Å²) in [6, 6.07) is 5.56. The number of nitrogens with one attached hydrogen (secondary N) is 1. The van der Waals surface area contributed by atoms with E-state index in [1.54, 1.807) is 6.92 Å². The van der Waals surface area contributed by atoms with Crippen LogP contribution >= 0.6 is 11.3 Å². The van der Waals surface area contributed by atoms with E-state index in [1.165, 1.54) is 42.5 Å². The van der Waals surface area contributed by atoms with Crippen LogP contribution < -0.4 is 5.32 Å². The van der Waals surface area contributed by atoms with Gasteiger partial charge in [-0.2, -0.15) is 0 Å². The van der Waals surface area contributed by atoms with Gasteiger partial charge in [0.1, 0.15) is 10.8 Å². The summed E-state index contributed by atoms with van der Waals surface area (Å²) in [5.74, 6) is -1.12. The number of fused-ring (bicyclic) bond motifs is 1. The summed E-state index contributed by atoms with van der Waals surface area (Å²) >= 11 is 1.38. The molecule has 30 heavy (non-hydrogen) atoms. The molecule has 7 nitrogen and oxygen atoms in total. The number of hydrogen-bond donors (Lipinski definition) is 2. The average Bonchev–Trinajstić information content (AvgIpc) is 3.05. The number of carbonyl (C=O) groups is 3. The Morgan fingerprint density at radius 2 is 1.93 bits per heavy atom.